The second-order valence-corrected chi connectivity index (χ2v) is 6.06. The van der Waals surface area contributed by atoms with Gasteiger partial charge in [0, 0.05) is 17.3 Å². The predicted octanol–water partition coefficient (Wildman–Crippen LogP) is 3.70. The van der Waals surface area contributed by atoms with E-state index < -0.39 is 22.9 Å². The van der Waals surface area contributed by atoms with Gasteiger partial charge in [0.05, 0.1) is 10.5 Å². The summed E-state index contributed by atoms with van der Waals surface area (Å²) in [5.74, 6) is -1.27. The fraction of sp³-hybridized carbons (Fsp3) is 0.263. The van der Waals surface area contributed by atoms with E-state index in [0.29, 0.717) is 11.3 Å². The zero-order valence-corrected chi connectivity index (χ0v) is 15.0. The third-order valence-electron chi connectivity index (χ3n) is 4.02. The van der Waals surface area contributed by atoms with Gasteiger partial charge in [0.2, 0.25) is 0 Å². The van der Waals surface area contributed by atoms with Gasteiger partial charge >= 0.3 is 5.97 Å². The monoisotopic (exact) mass is 356 g/mol. The number of nitro groups is 1. The molecule has 0 bridgehead atoms. The SMILES string of the molecule is Cc1ccc(C(=O)O[C@H](C)C(=O)Nc2c(C)cccc2C)cc1[N+](=O)[O-]. The largest absolute Gasteiger partial charge is 0.449 e. The molecule has 0 aliphatic rings. The highest BCUT2D eigenvalue weighted by Crippen LogP contribution is 2.21. The average Bonchev–Trinajstić information content (AvgIpc) is 2.58. The molecule has 0 aliphatic heterocycles. The number of rotatable bonds is 5. The maximum atomic E-state index is 12.3. The average molecular weight is 356 g/mol. The number of ether oxygens (including phenoxy) is 1. The Kier molecular flexibility index (Phi) is 5.71. The van der Waals surface area contributed by atoms with E-state index in [1.807, 2.05) is 32.0 Å². The van der Waals surface area contributed by atoms with Crippen LogP contribution in [0.4, 0.5) is 11.4 Å². The van der Waals surface area contributed by atoms with Gasteiger partial charge in [0.15, 0.2) is 6.10 Å². The summed E-state index contributed by atoms with van der Waals surface area (Å²) in [6.07, 6.45) is -1.05. The molecule has 1 amide bonds. The number of hydrogen-bond acceptors (Lipinski definition) is 5. The first-order valence-corrected chi connectivity index (χ1v) is 8.03. The third-order valence-corrected chi connectivity index (χ3v) is 4.02. The third kappa shape index (κ3) is 4.24. The first-order valence-electron chi connectivity index (χ1n) is 8.03. The first-order chi connectivity index (χ1) is 12.2. The number of anilines is 1. The summed E-state index contributed by atoms with van der Waals surface area (Å²) in [6, 6.07) is 9.66. The van der Waals surface area contributed by atoms with E-state index in [2.05, 4.69) is 5.32 Å². The Hall–Kier alpha value is -3.22. The quantitative estimate of drug-likeness (QED) is 0.500. The van der Waals surface area contributed by atoms with E-state index in [-0.39, 0.29) is 11.3 Å². The van der Waals surface area contributed by atoms with Gasteiger partial charge in [0.25, 0.3) is 11.6 Å². The van der Waals surface area contributed by atoms with E-state index in [1.165, 1.54) is 19.1 Å². The smallest absolute Gasteiger partial charge is 0.339 e. The Bertz CT molecular complexity index is 856. The Morgan fingerprint density at radius 3 is 2.27 bits per heavy atom. The van der Waals surface area contributed by atoms with Crippen molar-refractivity contribution in [3.63, 3.8) is 0 Å². The van der Waals surface area contributed by atoms with Gasteiger partial charge in [0.1, 0.15) is 0 Å². The van der Waals surface area contributed by atoms with Crippen molar-refractivity contribution in [2.45, 2.75) is 33.8 Å². The molecule has 2 aromatic rings. The lowest BCUT2D eigenvalue weighted by Gasteiger charge is -2.16. The van der Waals surface area contributed by atoms with E-state index in [0.717, 1.165) is 17.2 Å². The van der Waals surface area contributed by atoms with Gasteiger partial charge in [-0.1, -0.05) is 24.3 Å². The molecule has 26 heavy (non-hydrogen) atoms. The van der Waals surface area contributed by atoms with Crippen molar-refractivity contribution >= 4 is 23.3 Å². The summed E-state index contributed by atoms with van der Waals surface area (Å²) in [7, 11) is 0. The van der Waals surface area contributed by atoms with Crippen molar-refractivity contribution in [1.29, 1.82) is 0 Å². The summed E-state index contributed by atoms with van der Waals surface area (Å²) in [5, 5.41) is 13.7. The number of carbonyl (C=O) groups is 2. The van der Waals surface area contributed by atoms with Crippen LogP contribution in [0, 0.1) is 30.9 Å². The van der Waals surface area contributed by atoms with Crippen molar-refractivity contribution in [1.82, 2.24) is 0 Å². The highest BCUT2D eigenvalue weighted by atomic mass is 16.6. The van der Waals surface area contributed by atoms with Crippen LogP contribution in [-0.2, 0) is 9.53 Å². The van der Waals surface area contributed by atoms with Crippen LogP contribution in [0.2, 0.25) is 0 Å². The molecule has 0 heterocycles. The summed E-state index contributed by atoms with van der Waals surface area (Å²) >= 11 is 0. The van der Waals surface area contributed by atoms with Gasteiger partial charge in [-0.3, -0.25) is 14.9 Å². The van der Waals surface area contributed by atoms with E-state index in [1.54, 1.807) is 6.92 Å². The fourth-order valence-corrected chi connectivity index (χ4v) is 2.45. The Morgan fingerprint density at radius 2 is 1.69 bits per heavy atom. The first kappa shape index (κ1) is 19.1. The molecule has 0 unspecified atom stereocenters. The topological polar surface area (TPSA) is 98.5 Å². The second-order valence-electron chi connectivity index (χ2n) is 6.06. The molecule has 0 aliphatic carbocycles. The van der Waals surface area contributed by atoms with E-state index in [4.69, 9.17) is 4.74 Å². The molecule has 0 fully saturated rings. The summed E-state index contributed by atoms with van der Waals surface area (Å²) < 4.78 is 5.15. The molecular weight excluding hydrogens is 336 g/mol. The molecule has 0 spiro atoms. The van der Waals surface area contributed by atoms with Crippen LogP contribution in [0.3, 0.4) is 0 Å². The van der Waals surface area contributed by atoms with Gasteiger partial charge < -0.3 is 10.1 Å². The molecule has 0 radical (unpaired) electrons. The van der Waals surface area contributed by atoms with Crippen LogP contribution in [0.25, 0.3) is 0 Å². The molecule has 2 rings (SSSR count). The lowest BCUT2D eigenvalue weighted by atomic mass is 10.1. The summed E-state index contributed by atoms with van der Waals surface area (Å²) in [6.45, 7) is 6.76. The van der Waals surface area contributed by atoms with Crippen LogP contribution >= 0.6 is 0 Å². The number of nitro benzene ring substituents is 1. The van der Waals surface area contributed by atoms with Gasteiger partial charge in [-0.15, -0.1) is 0 Å². The van der Waals surface area contributed by atoms with Crippen molar-refractivity contribution < 1.29 is 19.2 Å². The minimum Gasteiger partial charge on any atom is -0.449 e. The van der Waals surface area contributed by atoms with Crippen LogP contribution in [0.1, 0.15) is 34.0 Å². The molecular formula is C19H20N2O5. The number of hydrogen-bond donors (Lipinski definition) is 1. The van der Waals surface area contributed by atoms with Crippen LogP contribution in [0.5, 0.6) is 0 Å². The zero-order chi connectivity index (χ0) is 19.4. The number of amides is 1. The van der Waals surface area contributed by atoms with Gasteiger partial charge in [-0.05, 0) is 44.9 Å². The summed E-state index contributed by atoms with van der Waals surface area (Å²) in [4.78, 5) is 34.9. The highest BCUT2D eigenvalue weighted by molar-refractivity contribution is 5.98. The minimum absolute atomic E-state index is 0.0222. The molecule has 7 nitrogen and oxygen atoms in total. The molecule has 1 N–H and O–H groups in total. The normalized spacial score (nSPS) is 11.5. The van der Waals surface area contributed by atoms with Gasteiger partial charge in [-0.2, -0.15) is 0 Å². The van der Waals surface area contributed by atoms with Crippen LogP contribution < -0.4 is 5.32 Å². The maximum Gasteiger partial charge on any atom is 0.339 e. The van der Waals surface area contributed by atoms with E-state index >= 15 is 0 Å². The highest BCUT2D eigenvalue weighted by Gasteiger charge is 2.22. The Morgan fingerprint density at radius 1 is 1.08 bits per heavy atom. The molecule has 0 saturated heterocycles. The van der Waals surface area contributed by atoms with Crippen molar-refractivity contribution in [2.75, 3.05) is 5.32 Å². The number of benzene rings is 2. The maximum absolute atomic E-state index is 12.3. The van der Waals surface area contributed by atoms with Crippen LogP contribution in [-0.4, -0.2) is 22.9 Å². The molecule has 2 aromatic carbocycles. The number of esters is 1. The van der Waals surface area contributed by atoms with Crippen LogP contribution in [0.15, 0.2) is 36.4 Å². The standard InChI is InChI=1S/C19H20N2O5/c1-11-8-9-15(10-16(11)21(24)25)19(23)26-14(4)18(22)20-17-12(2)6-5-7-13(17)3/h5-10,14H,1-4H3,(H,20,22)/t14-/m1/s1. The zero-order valence-electron chi connectivity index (χ0n) is 15.0. The molecule has 0 saturated carbocycles. The Labute approximate surface area is 151 Å². The van der Waals surface area contributed by atoms with Gasteiger partial charge in [-0.25, -0.2) is 4.79 Å². The molecule has 1 atom stereocenters. The number of aryl methyl sites for hydroxylation is 3. The summed E-state index contributed by atoms with van der Waals surface area (Å²) in [5.41, 5.74) is 2.75. The number of para-hydroxylation sites is 1. The van der Waals surface area contributed by atoms with Crippen molar-refractivity contribution in [3.05, 3.63) is 68.8 Å². The second kappa shape index (κ2) is 7.77. The molecule has 7 heteroatoms. The molecule has 136 valence electrons. The molecule has 0 aromatic heterocycles. The number of carbonyl (C=O) groups excluding carboxylic acids is 2. The van der Waals surface area contributed by atoms with E-state index in [9.17, 15) is 19.7 Å². The minimum atomic E-state index is -1.05. The lowest BCUT2D eigenvalue weighted by Crippen LogP contribution is -2.30. The van der Waals surface area contributed by atoms with Crippen molar-refractivity contribution in [2.24, 2.45) is 0 Å². The van der Waals surface area contributed by atoms with Crippen molar-refractivity contribution in [3.8, 4) is 0 Å². The lowest BCUT2D eigenvalue weighted by molar-refractivity contribution is -0.385. The number of nitrogens with one attached hydrogen (secondary N) is 1. The fourth-order valence-electron chi connectivity index (χ4n) is 2.45. The predicted molar refractivity (Wildman–Crippen MR) is 97.3 cm³/mol. The number of nitrogens with zero attached hydrogens (tertiary/aromatic N) is 1. The Balaban J connectivity index is 2.10.